The lowest BCUT2D eigenvalue weighted by molar-refractivity contribution is -0.145. The van der Waals surface area contributed by atoms with Gasteiger partial charge in [0.25, 0.3) is 0 Å². The van der Waals surface area contributed by atoms with Gasteiger partial charge in [-0.05, 0) is 26.0 Å². The lowest BCUT2D eigenvalue weighted by Gasteiger charge is -2.35. The second-order valence-corrected chi connectivity index (χ2v) is 4.43. The summed E-state index contributed by atoms with van der Waals surface area (Å²) in [6.07, 6.45) is 0. The number of rotatable bonds is 4. The van der Waals surface area contributed by atoms with Crippen molar-refractivity contribution < 1.29 is 18.7 Å². The first-order chi connectivity index (χ1) is 8.34. The molecule has 0 spiro atoms. The van der Waals surface area contributed by atoms with Gasteiger partial charge in [0.1, 0.15) is 17.1 Å². The molecule has 0 aliphatic rings. The van der Waals surface area contributed by atoms with E-state index in [1.165, 1.54) is 32.4 Å². The Labute approximate surface area is 106 Å². The molecule has 1 aromatic carbocycles. The molecule has 0 fully saturated rings. The lowest BCUT2D eigenvalue weighted by Crippen LogP contribution is -2.49. The smallest absolute Gasteiger partial charge is 0.331 e. The van der Waals surface area contributed by atoms with Gasteiger partial charge in [-0.3, -0.25) is 0 Å². The van der Waals surface area contributed by atoms with Gasteiger partial charge < -0.3 is 14.4 Å². The number of nitrogens with zero attached hydrogens (tertiary/aromatic N) is 1. The molecule has 18 heavy (non-hydrogen) atoms. The molecule has 0 aromatic heterocycles. The van der Waals surface area contributed by atoms with Gasteiger partial charge in [0.15, 0.2) is 0 Å². The molecule has 0 aliphatic carbocycles. The van der Waals surface area contributed by atoms with Crippen molar-refractivity contribution in [2.75, 3.05) is 26.2 Å². The SMILES string of the molecule is COC(=O)C(C)(C)N(C)c1cc(F)ccc1OC. The van der Waals surface area contributed by atoms with Crippen molar-refractivity contribution in [1.82, 2.24) is 0 Å². The van der Waals surface area contributed by atoms with Crippen molar-refractivity contribution in [3.8, 4) is 5.75 Å². The summed E-state index contributed by atoms with van der Waals surface area (Å²) in [5, 5.41) is 0. The summed E-state index contributed by atoms with van der Waals surface area (Å²) >= 11 is 0. The van der Waals surface area contributed by atoms with Crippen LogP contribution >= 0.6 is 0 Å². The highest BCUT2D eigenvalue weighted by Gasteiger charge is 2.35. The van der Waals surface area contributed by atoms with Crippen LogP contribution < -0.4 is 9.64 Å². The van der Waals surface area contributed by atoms with Gasteiger partial charge in [0.05, 0.1) is 19.9 Å². The number of hydrogen-bond donors (Lipinski definition) is 0. The van der Waals surface area contributed by atoms with E-state index < -0.39 is 17.3 Å². The minimum absolute atomic E-state index is 0.390. The third-order valence-corrected chi connectivity index (χ3v) is 3.03. The van der Waals surface area contributed by atoms with E-state index in [9.17, 15) is 9.18 Å². The fourth-order valence-electron chi connectivity index (χ4n) is 1.61. The number of carbonyl (C=O) groups excluding carboxylic acids is 1. The minimum Gasteiger partial charge on any atom is -0.495 e. The third kappa shape index (κ3) is 2.55. The predicted molar refractivity (Wildman–Crippen MR) is 67.5 cm³/mol. The summed E-state index contributed by atoms with van der Waals surface area (Å²) in [6, 6.07) is 4.15. The number of benzene rings is 1. The summed E-state index contributed by atoms with van der Waals surface area (Å²) in [7, 11) is 4.50. The second kappa shape index (κ2) is 5.25. The maximum absolute atomic E-state index is 13.3. The average molecular weight is 255 g/mol. The van der Waals surface area contributed by atoms with Crippen molar-refractivity contribution >= 4 is 11.7 Å². The molecule has 0 aliphatic heterocycles. The highest BCUT2D eigenvalue weighted by atomic mass is 19.1. The highest BCUT2D eigenvalue weighted by Crippen LogP contribution is 2.32. The van der Waals surface area contributed by atoms with Gasteiger partial charge in [-0.1, -0.05) is 0 Å². The van der Waals surface area contributed by atoms with Crippen LogP contribution in [0.25, 0.3) is 0 Å². The Morgan fingerprint density at radius 3 is 2.44 bits per heavy atom. The monoisotopic (exact) mass is 255 g/mol. The first-order valence-electron chi connectivity index (χ1n) is 5.50. The summed E-state index contributed by atoms with van der Waals surface area (Å²) in [5.74, 6) is -0.300. The summed E-state index contributed by atoms with van der Waals surface area (Å²) in [4.78, 5) is 13.4. The molecule has 0 saturated carbocycles. The number of halogens is 1. The first-order valence-corrected chi connectivity index (χ1v) is 5.50. The van der Waals surface area contributed by atoms with Crippen molar-refractivity contribution in [3.63, 3.8) is 0 Å². The Bertz CT molecular complexity index is 446. The molecule has 0 radical (unpaired) electrons. The molecule has 0 saturated heterocycles. The van der Waals surface area contributed by atoms with Crippen molar-refractivity contribution in [1.29, 1.82) is 0 Å². The molecule has 0 bridgehead atoms. The normalized spacial score (nSPS) is 11.0. The fourth-order valence-corrected chi connectivity index (χ4v) is 1.61. The molecular weight excluding hydrogens is 237 g/mol. The van der Waals surface area contributed by atoms with E-state index in [4.69, 9.17) is 9.47 Å². The molecule has 5 heteroatoms. The molecule has 100 valence electrons. The van der Waals surface area contributed by atoms with Gasteiger partial charge in [-0.25, -0.2) is 9.18 Å². The zero-order valence-corrected chi connectivity index (χ0v) is 11.3. The van der Waals surface area contributed by atoms with E-state index in [1.54, 1.807) is 25.8 Å². The summed E-state index contributed by atoms with van der Waals surface area (Å²) < 4.78 is 23.2. The Hall–Kier alpha value is -1.78. The van der Waals surface area contributed by atoms with Crippen molar-refractivity contribution in [2.45, 2.75) is 19.4 Å². The van der Waals surface area contributed by atoms with Gasteiger partial charge >= 0.3 is 5.97 Å². The van der Waals surface area contributed by atoms with E-state index in [0.717, 1.165) is 0 Å². The second-order valence-electron chi connectivity index (χ2n) is 4.43. The number of esters is 1. The fraction of sp³-hybridized carbons (Fsp3) is 0.462. The standard InChI is InChI=1S/C13H18FNO3/c1-13(2,12(16)18-5)15(3)10-8-9(14)6-7-11(10)17-4/h6-8H,1-5H3. The zero-order chi connectivity index (χ0) is 13.9. The van der Waals surface area contributed by atoms with E-state index in [1.807, 2.05) is 0 Å². The van der Waals surface area contributed by atoms with Crippen LogP contribution in [0.15, 0.2) is 18.2 Å². The molecule has 0 atom stereocenters. The molecule has 0 amide bonds. The maximum atomic E-state index is 13.3. The van der Waals surface area contributed by atoms with Crippen LogP contribution in [0.5, 0.6) is 5.75 Å². The van der Waals surface area contributed by atoms with Crippen LogP contribution in [-0.2, 0) is 9.53 Å². The largest absolute Gasteiger partial charge is 0.495 e. The number of carbonyl (C=O) groups is 1. The molecule has 0 heterocycles. The van der Waals surface area contributed by atoms with Crippen molar-refractivity contribution in [2.24, 2.45) is 0 Å². The molecule has 4 nitrogen and oxygen atoms in total. The molecule has 0 unspecified atom stereocenters. The van der Waals surface area contributed by atoms with Crippen LogP contribution in [0.1, 0.15) is 13.8 Å². The molecular formula is C13H18FNO3. The van der Waals surface area contributed by atoms with E-state index in [-0.39, 0.29) is 0 Å². The van der Waals surface area contributed by atoms with Crippen LogP contribution in [0, 0.1) is 5.82 Å². The maximum Gasteiger partial charge on any atom is 0.331 e. The third-order valence-electron chi connectivity index (χ3n) is 3.03. The van der Waals surface area contributed by atoms with E-state index in [0.29, 0.717) is 11.4 Å². The Morgan fingerprint density at radius 2 is 1.94 bits per heavy atom. The van der Waals surface area contributed by atoms with Crippen LogP contribution in [0.3, 0.4) is 0 Å². The van der Waals surface area contributed by atoms with E-state index >= 15 is 0 Å². The van der Waals surface area contributed by atoms with Crippen LogP contribution in [0.2, 0.25) is 0 Å². The van der Waals surface area contributed by atoms with Crippen LogP contribution in [0.4, 0.5) is 10.1 Å². The van der Waals surface area contributed by atoms with Crippen LogP contribution in [-0.4, -0.2) is 32.8 Å². The van der Waals surface area contributed by atoms with Crippen molar-refractivity contribution in [3.05, 3.63) is 24.0 Å². The van der Waals surface area contributed by atoms with Gasteiger partial charge in [-0.2, -0.15) is 0 Å². The van der Waals surface area contributed by atoms with Gasteiger partial charge in [-0.15, -0.1) is 0 Å². The Balaban J connectivity index is 3.21. The molecule has 0 N–H and O–H groups in total. The van der Waals surface area contributed by atoms with Gasteiger partial charge in [0.2, 0.25) is 0 Å². The number of ether oxygens (including phenoxy) is 2. The first kappa shape index (κ1) is 14.3. The summed E-state index contributed by atoms with van der Waals surface area (Å²) in [6.45, 7) is 3.40. The summed E-state index contributed by atoms with van der Waals surface area (Å²) in [5.41, 5.74) is -0.427. The number of hydrogen-bond acceptors (Lipinski definition) is 4. The van der Waals surface area contributed by atoms with E-state index in [2.05, 4.69) is 0 Å². The average Bonchev–Trinajstić information content (AvgIpc) is 2.36. The molecule has 1 aromatic rings. The Kier molecular flexibility index (Phi) is 4.16. The quantitative estimate of drug-likeness (QED) is 0.773. The molecule has 1 rings (SSSR count). The zero-order valence-electron chi connectivity index (χ0n) is 11.3. The minimum atomic E-state index is -0.921. The topological polar surface area (TPSA) is 38.8 Å². The van der Waals surface area contributed by atoms with Gasteiger partial charge in [0, 0.05) is 13.1 Å². The highest BCUT2D eigenvalue weighted by molar-refractivity contribution is 5.84. The lowest BCUT2D eigenvalue weighted by atomic mass is 10.0. The Morgan fingerprint density at radius 1 is 1.33 bits per heavy atom. The number of anilines is 1. The number of likely N-dealkylation sites (N-methyl/N-ethyl adjacent to an activating group) is 1. The number of methoxy groups -OCH3 is 2. The predicted octanol–water partition coefficient (Wildman–Crippen LogP) is 2.22.